The van der Waals surface area contributed by atoms with Crippen LogP contribution in [0.15, 0.2) is 30.3 Å². The molecule has 4 heteroatoms. The molecule has 0 fully saturated rings. The number of aryl methyl sites for hydroxylation is 1. The molecule has 4 nitrogen and oxygen atoms in total. The molecule has 0 saturated carbocycles. The predicted molar refractivity (Wildman–Crippen MR) is 84.0 cm³/mol. The van der Waals surface area contributed by atoms with Gasteiger partial charge in [-0.15, -0.1) is 0 Å². The van der Waals surface area contributed by atoms with Crippen molar-refractivity contribution in [1.29, 1.82) is 0 Å². The lowest BCUT2D eigenvalue weighted by Gasteiger charge is -2.07. The number of nitrogens with zero attached hydrogens (tertiary/aromatic N) is 2. The Bertz CT molecular complexity index is 602. The van der Waals surface area contributed by atoms with Gasteiger partial charge in [0.25, 0.3) is 0 Å². The molecule has 1 heterocycles. The van der Waals surface area contributed by atoms with Crippen LogP contribution in [0.2, 0.25) is 0 Å². The van der Waals surface area contributed by atoms with E-state index in [0.717, 1.165) is 29.9 Å². The number of hydrogen-bond acceptors (Lipinski definition) is 2. The third kappa shape index (κ3) is 3.94. The number of hydrogen-bond donors (Lipinski definition) is 1. The number of nitrogens with one attached hydrogen (secondary N) is 1. The maximum atomic E-state index is 11.6. The number of aromatic nitrogens is 2. The van der Waals surface area contributed by atoms with E-state index in [1.54, 1.807) is 0 Å². The average Bonchev–Trinajstić information content (AvgIpc) is 2.73. The van der Waals surface area contributed by atoms with Crippen molar-refractivity contribution in [2.45, 2.75) is 46.7 Å². The maximum absolute atomic E-state index is 11.6. The van der Waals surface area contributed by atoms with Gasteiger partial charge in [0.2, 0.25) is 5.91 Å². The van der Waals surface area contributed by atoms with Gasteiger partial charge >= 0.3 is 0 Å². The quantitative estimate of drug-likeness (QED) is 0.887. The van der Waals surface area contributed by atoms with Gasteiger partial charge in [0.05, 0.1) is 12.2 Å². The Hall–Kier alpha value is -2.10. The molecular formula is C17H23N3O. The summed E-state index contributed by atoms with van der Waals surface area (Å²) >= 11 is 0. The van der Waals surface area contributed by atoms with E-state index in [4.69, 9.17) is 0 Å². The molecule has 1 amide bonds. The standard InChI is InChI=1S/C17H23N3O/c1-4-8-17(21)18-11-16-13(2)19-20(14(16)3)12-15-9-6-5-7-10-15/h5-7,9-10H,4,8,11-12H2,1-3H3,(H,18,21). The molecule has 1 aromatic heterocycles. The van der Waals surface area contributed by atoms with Gasteiger partial charge in [0, 0.05) is 24.2 Å². The zero-order valence-corrected chi connectivity index (χ0v) is 13.0. The van der Waals surface area contributed by atoms with Gasteiger partial charge in [-0.3, -0.25) is 9.48 Å². The molecule has 0 aliphatic heterocycles. The third-order valence-corrected chi connectivity index (χ3v) is 3.65. The van der Waals surface area contributed by atoms with Crippen LogP contribution in [0.25, 0.3) is 0 Å². The summed E-state index contributed by atoms with van der Waals surface area (Å²) in [7, 11) is 0. The van der Waals surface area contributed by atoms with E-state index in [1.807, 2.05) is 36.7 Å². The molecular weight excluding hydrogens is 262 g/mol. The van der Waals surface area contributed by atoms with E-state index in [0.29, 0.717) is 13.0 Å². The van der Waals surface area contributed by atoms with Crippen molar-refractivity contribution < 1.29 is 4.79 Å². The molecule has 0 radical (unpaired) electrons. The van der Waals surface area contributed by atoms with Crippen LogP contribution in [0.3, 0.4) is 0 Å². The highest BCUT2D eigenvalue weighted by atomic mass is 16.1. The zero-order chi connectivity index (χ0) is 15.2. The monoisotopic (exact) mass is 285 g/mol. The van der Waals surface area contributed by atoms with Gasteiger partial charge < -0.3 is 5.32 Å². The highest BCUT2D eigenvalue weighted by Crippen LogP contribution is 2.14. The third-order valence-electron chi connectivity index (χ3n) is 3.65. The number of carbonyl (C=O) groups excluding carboxylic acids is 1. The van der Waals surface area contributed by atoms with Gasteiger partial charge in [0.15, 0.2) is 0 Å². The van der Waals surface area contributed by atoms with Gasteiger partial charge in [-0.25, -0.2) is 0 Å². The molecule has 2 rings (SSSR count). The Balaban J connectivity index is 2.08. The normalized spacial score (nSPS) is 10.6. The van der Waals surface area contributed by atoms with Gasteiger partial charge in [-0.1, -0.05) is 37.3 Å². The minimum atomic E-state index is 0.104. The van der Waals surface area contributed by atoms with Crippen LogP contribution in [0.1, 0.15) is 42.3 Å². The first-order valence-electron chi connectivity index (χ1n) is 7.45. The Kier molecular flexibility index (Phi) is 5.14. The van der Waals surface area contributed by atoms with Crippen molar-refractivity contribution in [3.63, 3.8) is 0 Å². The molecule has 1 aromatic carbocycles. The molecule has 0 aliphatic carbocycles. The number of rotatable bonds is 6. The highest BCUT2D eigenvalue weighted by molar-refractivity contribution is 5.75. The molecule has 0 spiro atoms. The lowest BCUT2D eigenvalue weighted by molar-refractivity contribution is -0.121. The van der Waals surface area contributed by atoms with Crippen molar-refractivity contribution in [3.05, 3.63) is 52.8 Å². The van der Waals surface area contributed by atoms with Crippen LogP contribution < -0.4 is 5.32 Å². The molecule has 112 valence electrons. The Morgan fingerprint density at radius 3 is 2.62 bits per heavy atom. The van der Waals surface area contributed by atoms with Crippen LogP contribution in [0.4, 0.5) is 0 Å². The topological polar surface area (TPSA) is 46.9 Å². The SMILES string of the molecule is CCCC(=O)NCc1c(C)nn(Cc2ccccc2)c1C. The van der Waals surface area contributed by atoms with Crippen molar-refractivity contribution in [3.8, 4) is 0 Å². The van der Waals surface area contributed by atoms with Crippen LogP contribution in [-0.2, 0) is 17.9 Å². The lowest BCUT2D eigenvalue weighted by Crippen LogP contribution is -2.22. The van der Waals surface area contributed by atoms with E-state index < -0.39 is 0 Å². The van der Waals surface area contributed by atoms with Crippen LogP contribution >= 0.6 is 0 Å². The molecule has 0 atom stereocenters. The summed E-state index contributed by atoms with van der Waals surface area (Å²) in [6.45, 7) is 7.38. The van der Waals surface area contributed by atoms with Crippen molar-refractivity contribution in [2.24, 2.45) is 0 Å². The molecule has 21 heavy (non-hydrogen) atoms. The fraction of sp³-hybridized carbons (Fsp3) is 0.412. The summed E-state index contributed by atoms with van der Waals surface area (Å²) in [4.78, 5) is 11.6. The van der Waals surface area contributed by atoms with Gasteiger partial charge in [-0.05, 0) is 25.8 Å². The smallest absolute Gasteiger partial charge is 0.220 e. The zero-order valence-electron chi connectivity index (χ0n) is 13.0. The van der Waals surface area contributed by atoms with Gasteiger partial charge in [-0.2, -0.15) is 5.10 Å². The summed E-state index contributed by atoms with van der Waals surface area (Å²) in [6.07, 6.45) is 1.45. The molecule has 1 N–H and O–H groups in total. The second kappa shape index (κ2) is 7.07. The second-order valence-electron chi connectivity index (χ2n) is 5.32. The molecule has 2 aromatic rings. The first-order valence-corrected chi connectivity index (χ1v) is 7.45. The molecule has 0 bridgehead atoms. The minimum absolute atomic E-state index is 0.104. The highest BCUT2D eigenvalue weighted by Gasteiger charge is 2.12. The lowest BCUT2D eigenvalue weighted by atomic mass is 10.2. The first kappa shape index (κ1) is 15.3. The van der Waals surface area contributed by atoms with E-state index in [9.17, 15) is 4.79 Å². The fourth-order valence-corrected chi connectivity index (χ4v) is 2.40. The number of amides is 1. The van der Waals surface area contributed by atoms with Gasteiger partial charge in [0.1, 0.15) is 0 Å². The van der Waals surface area contributed by atoms with Crippen LogP contribution in [-0.4, -0.2) is 15.7 Å². The maximum Gasteiger partial charge on any atom is 0.220 e. The largest absolute Gasteiger partial charge is 0.352 e. The molecule has 0 unspecified atom stereocenters. The van der Waals surface area contributed by atoms with E-state index >= 15 is 0 Å². The van der Waals surface area contributed by atoms with Crippen LogP contribution in [0.5, 0.6) is 0 Å². The second-order valence-corrected chi connectivity index (χ2v) is 5.32. The molecule has 0 aliphatic rings. The summed E-state index contributed by atoms with van der Waals surface area (Å²) in [5.74, 6) is 0.104. The summed E-state index contributed by atoms with van der Waals surface area (Å²) in [6, 6.07) is 10.3. The van der Waals surface area contributed by atoms with E-state index in [-0.39, 0.29) is 5.91 Å². The van der Waals surface area contributed by atoms with Crippen molar-refractivity contribution >= 4 is 5.91 Å². The van der Waals surface area contributed by atoms with Crippen molar-refractivity contribution in [1.82, 2.24) is 15.1 Å². The number of carbonyl (C=O) groups is 1. The Morgan fingerprint density at radius 1 is 1.24 bits per heavy atom. The fourth-order valence-electron chi connectivity index (χ4n) is 2.40. The Morgan fingerprint density at radius 2 is 1.95 bits per heavy atom. The number of benzene rings is 1. The van der Waals surface area contributed by atoms with E-state index in [1.165, 1.54) is 5.56 Å². The van der Waals surface area contributed by atoms with E-state index in [2.05, 4.69) is 29.5 Å². The average molecular weight is 285 g/mol. The first-order chi connectivity index (χ1) is 10.1. The minimum Gasteiger partial charge on any atom is -0.352 e. The summed E-state index contributed by atoms with van der Waals surface area (Å²) < 4.78 is 2.01. The predicted octanol–water partition coefficient (Wildman–Crippen LogP) is 2.96. The summed E-state index contributed by atoms with van der Waals surface area (Å²) in [5.41, 5.74) is 4.45. The molecule has 0 saturated heterocycles. The van der Waals surface area contributed by atoms with Crippen LogP contribution in [0, 0.1) is 13.8 Å². The van der Waals surface area contributed by atoms with Crippen molar-refractivity contribution in [2.75, 3.05) is 0 Å². The Labute approximate surface area is 126 Å². The summed E-state index contributed by atoms with van der Waals surface area (Å²) in [5, 5.41) is 7.56.